The molecule has 0 spiro atoms. The summed E-state index contributed by atoms with van der Waals surface area (Å²) < 4.78 is 5.62. The molecule has 4 nitrogen and oxygen atoms in total. The Bertz CT molecular complexity index is 740. The van der Waals surface area contributed by atoms with E-state index in [0.29, 0.717) is 5.41 Å². The van der Waals surface area contributed by atoms with Gasteiger partial charge in [-0.25, -0.2) is 0 Å². The van der Waals surface area contributed by atoms with Crippen LogP contribution in [0.15, 0.2) is 18.2 Å². The molecule has 2 aliphatic carbocycles. The molecule has 1 aromatic carbocycles. The van der Waals surface area contributed by atoms with Crippen molar-refractivity contribution < 1.29 is 4.74 Å². The number of ether oxygens (including phenoxy) is 1. The van der Waals surface area contributed by atoms with Gasteiger partial charge in [-0.05, 0) is 79.5 Å². The van der Waals surface area contributed by atoms with Gasteiger partial charge in [0.05, 0.1) is 13.2 Å². The fourth-order valence-corrected chi connectivity index (χ4v) is 6.51. The molecule has 2 heterocycles. The maximum atomic E-state index is 5.62. The molecule has 33 heavy (non-hydrogen) atoms. The van der Waals surface area contributed by atoms with Gasteiger partial charge in [-0.2, -0.15) is 0 Å². The molecule has 0 bridgehead atoms. The molecule has 0 atom stereocenters. The van der Waals surface area contributed by atoms with E-state index < -0.39 is 0 Å². The van der Waals surface area contributed by atoms with Gasteiger partial charge in [-0.3, -0.25) is 4.90 Å². The van der Waals surface area contributed by atoms with E-state index in [9.17, 15) is 0 Å². The van der Waals surface area contributed by atoms with Crippen LogP contribution in [-0.4, -0.2) is 63.9 Å². The second-order valence-electron chi connectivity index (χ2n) is 11.1. The summed E-state index contributed by atoms with van der Waals surface area (Å²) in [5, 5.41) is 0. The summed E-state index contributed by atoms with van der Waals surface area (Å²) in [6.07, 6.45) is 11.2. The Hall–Kier alpha value is -0.970. The van der Waals surface area contributed by atoms with Crippen LogP contribution in [0.4, 0.5) is 11.4 Å². The van der Waals surface area contributed by atoms with E-state index >= 15 is 0 Å². The van der Waals surface area contributed by atoms with Gasteiger partial charge in [0.25, 0.3) is 0 Å². The summed E-state index contributed by atoms with van der Waals surface area (Å²) in [7, 11) is 0. The minimum absolute atomic E-state index is 0. The maximum Gasteiger partial charge on any atom is 0.0642 e. The van der Waals surface area contributed by atoms with Gasteiger partial charge in [0, 0.05) is 57.2 Å². The Labute approximate surface area is 208 Å². The lowest BCUT2D eigenvalue weighted by atomic mass is 9.66. The van der Waals surface area contributed by atoms with Crippen LogP contribution in [0.3, 0.4) is 0 Å². The molecule has 5 heteroatoms. The summed E-state index contributed by atoms with van der Waals surface area (Å²) in [5.74, 6) is 1.73. The summed E-state index contributed by atoms with van der Waals surface area (Å²) in [6, 6.07) is 7.44. The first kappa shape index (κ1) is 25.1. The number of rotatable bonds is 7. The van der Waals surface area contributed by atoms with Crippen molar-refractivity contribution in [3.05, 3.63) is 23.8 Å². The van der Waals surface area contributed by atoms with Crippen molar-refractivity contribution >= 4 is 23.8 Å². The highest BCUT2D eigenvalue weighted by molar-refractivity contribution is 5.85. The van der Waals surface area contributed by atoms with Crippen LogP contribution in [0, 0.1) is 11.3 Å². The molecule has 0 N–H and O–H groups in total. The summed E-state index contributed by atoms with van der Waals surface area (Å²) >= 11 is 0. The van der Waals surface area contributed by atoms with Crippen LogP contribution in [0.1, 0.15) is 76.7 Å². The summed E-state index contributed by atoms with van der Waals surface area (Å²) in [4.78, 5) is 7.96. The molecule has 2 saturated heterocycles. The van der Waals surface area contributed by atoms with Gasteiger partial charge in [0.15, 0.2) is 0 Å². The molecule has 1 aromatic rings. The zero-order valence-electron chi connectivity index (χ0n) is 21.1. The molecule has 5 rings (SSSR count). The number of benzene rings is 1. The Morgan fingerprint density at radius 1 is 0.848 bits per heavy atom. The second-order valence-corrected chi connectivity index (χ2v) is 11.1. The largest absolute Gasteiger partial charge is 0.378 e. The quantitative estimate of drug-likeness (QED) is 0.485. The zero-order chi connectivity index (χ0) is 22.0. The van der Waals surface area contributed by atoms with E-state index in [0.717, 1.165) is 38.1 Å². The highest BCUT2D eigenvalue weighted by Crippen LogP contribution is 2.49. The Kier molecular flexibility index (Phi) is 8.51. The molecule has 4 aliphatic rings. The molecule has 2 aliphatic heterocycles. The van der Waals surface area contributed by atoms with E-state index in [1.54, 1.807) is 11.3 Å². The minimum atomic E-state index is 0. The first-order valence-electron chi connectivity index (χ1n) is 13.6. The molecular weight excluding hydrogens is 430 g/mol. The van der Waals surface area contributed by atoms with Crippen molar-refractivity contribution in [3.63, 3.8) is 0 Å². The lowest BCUT2D eigenvalue weighted by Gasteiger charge is -2.42. The van der Waals surface area contributed by atoms with Crippen LogP contribution >= 0.6 is 12.4 Å². The predicted octanol–water partition coefficient (Wildman–Crippen LogP) is 5.94. The third kappa shape index (κ3) is 5.82. The van der Waals surface area contributed by atoms with Gasteiger partial charge in [-0.1, -0.05) is 26.7 Å². The highest BCUT2D eigenvalue weighted by atomic mass is 35.5. The number of nitrogens with zero attached hydrogens (tertiary/aromatic N) is 3. The summed E-state index contributed by atoms with van der Waals surface area (Å²) in [5.41, 5.74) is 5.21. The summed E-state index contributed by atoms with van der Waals surface area (Å²) in [6.45, 7) is 14.8. The van der Waals surface area contributed by atoms with Crippen molar-refractivity contribution in [1.82, 2.24) is 4.90 Å². The fourth-order valence-electron chi connectivity index (χ4n) is 6.51. The van der Waals surface area contributed by atoms with Crippen LogP contribution < -0.4 is 9.80 Å². The van der Waals surface area contributed by atoms with E-state index in [1.807, 2.05) is 0 Å². The maximum absolute atomic E-state index is 5.62. The Morgan fingerprint density at radius 2 is 1.52 bits per heavy atom. The fraction of sp³-hybridized carbons (Fsp3) is 0.786. The SMILES string of the molecule is CCC1(CC)CCC(c2cc(N3CCOCC3)ccc2N2CCN(CC3CC3)CC2)CC1.Cl. The minimum Gasteiger partial charge on any atom is -0.378 e. The third-order valence-corrected chi connectivity index (χ3v) is 9.30. The lowest BCUT2D eigenvalue weighted by molar-refractivity contribution is 0.122. The molecule has 0 amide bonds. The Morgan fingerprint density at radius 3 is 2.12 bits per heavy atom. The van der Waals surface area contributed by atoms with Crippen molar-refractivity contribution in [1.29, 1.82) is 0 Å². The Balaban J connectivity index is 0.00000259. The predicted molar refractivity (Wildman–Crippen MR) is 142 cm³/mol. The van der Waals surface area contributed by atoms with Crippen molar-refractivity contribution in [2.45, 2.75) is 71.1 Å². The van der Waals surface area contributed by atoms with Crippen molar-refractivity contribution in [3.8, 4) is 0 Å². The van der Waals surface area contributed by atoms with Crippen LogP contribution in [0.25, 0.3) is 0 Å². The van der Waals surface area contributed by atoms with E-state index in [4.69, 9.17) is 4.74 Å². The second kappa shape index (κ2) is 11.2. The molecule has 0 unspecified atom stereocenters. The zero-order valence-corrected chi connectivity index (χ0v) is 21.9. The normalized spacial score (nSPS) is 24.5. The number of hydrogen-bond donors (Lipinski definition) is 0. The van der Waals surface area contributed by atoms with Crippen molar-refractivity contribution in [2.24, 2.45) is 11.3 Å². The van der Waals surface area contributed by atoms with Gasteiger partial charge in [0.1, 0.15) is 0 Å². The van der Waals surface area contributed by atoms with E-state index in [2.05, 4.69) is 46.7 Å². The molecule has 4 fully saturated rings. The highest BCUT2D eigenvalue weighted by Gasteiger charge is 2.34. The number of anilines is 2. The molecule has 0 aromatic heterocycles. The monoisotopic (exact) mass is 475 g/mol. The van der Waals surface area contributed by atoms with Crippen LogP contribution in [0.5, 0.6) is 0 Å². The average Bonchev–Trinajstić information content (AvgIpc) is 3.69. The number of hydrogen-bond acceptors (Lipinski definition) is 4. The van der Waals surface area contributed by atoms with Crippen LogP contribution in [0.2, 0.25) is 0 Å². The van der Waals surface area contributed by atoms with E-state index in [1.165, 1.54) is 89.8 Å². The molecule has 2 saturated carbocycles. The van der Waals surface area contributed by atoms with Gasteiger partial charge < -0.3 is 14.5 Å². The number of piperazine rings is 1. The molecular formula is C28H46ClN3O. The lowest BCUT2D eigenvalue weighted by Crippen LogP contribution is -2.47. The van der Waals surface area contributed by atoms with E-state index in [-0.39, 0.29) is 12.4 Å². The first-order valence-corrected chi connectivity index (χ1v) is 13.6. The topological polar surface area (TPSA) is 19.0 Å². The smallest absolute Gasteiger partial charge is 0.0642 e. The first-order chi connectivity index (χ1) is 15.7. The average molecular weight is 476 g/mol. The molecule has 0 radical (unpaired) electrons. The standard InChI is InChI=1S/C28H45N3O.ClH/c1-3-28(4-2)11-9-24(10-12-28)26-21-25(30-17-19-32-20-18-30)7-8-27(26)31-15-13-29(14-16-31)22-23-5-6-23;/h7-8,21,23-24H,3-6,9-20,22H2,1-2H3;1H. The van der Waals surface area contributed by atoms with Gasteiger partial charge >= 0.3 is 0 Å². The number of morpholine rings is 1. The number of halogens is 1. The third-order valence-electron chi connectivity index (χ3n) is 9.30. The van der Waals surface area contributed by atoms with Crippen LogP contribution in [-0.2, 0) is 4.74 Å². The molecule has 186 valence electrons. The van der Waals surface area contributed by atoms with Crippen molar-refractivity contribution in [2.75, 3.05) is 68.8 Å². The van der Waals surface area contributed by atoms with Gasteiger partial charge in [0.2, 0.25) is 0 Å². The van der Waals surface area contributed by atoms with Gasteiger partial charge in [-0.15, -0.1) is 12.4 Å².